The van der Waals surface area contributed by atoms with Crippen LogP contribution in [0.2, 0.25) is 0 Å². The number of aliphatic carboxylic acids is 1. The van der Waals surface area contributed by atoms with Crippen LogP contribution >= 0.6 is 0 Å². The first-order valence-corrected chi connectivity index (χ1v) is 10.5. The van der Waals surface area contributed by atoms with Crippen LogP contribution in [0.1, 0.15) is 31.7 Å². The maximum Gasteiger partial charge on any atom is 0.317 e. The van der Waals surface area contributed by atoms with Gasteiger partial charge in [0.1, 0.15) is 0 Å². The van der Waals surface area contributed by atoms with Gasteiger partial charge in [-0.15, -0.1) is 0 Å². The van der Waals surface area contributed by atoms with Gasteiger partial charge in [-0.3, -0.25) is 4.79 Å². The molecule has 1 heterocycles. The average Bonchev–Trinajstić information content (AvgIpc) is 2.66. The molecular weight excluding hydrogens is 370 g/mol. The van der Waals surface area contributed by atoms with Crippen molar-refractivity contribution in [3.05, 3.63) is 29.8 Å². The Kier molecular flexibility index (Phi) is 7.20. The Bertz CT molecular complexity index is 775. The molecule has 1 atom stereocenters. The number of piperidine rings is 1. The number of urea groups is 1. The number of rotatable bonds is 7. The molecule has 9 heteroatoms. The molecule has 2 N–H and O–H groups in total. The van der Waals surface area contributed by atoms with E-state index in [1.165, 1.54) is 23.2 Å². The zero-order chi connectivity index (χ0) is 20.0. The fourth-order valence-electron chi connectivity index (χ4n) is 3.02. The third kappa shape index (κ3) is 5.43. The van der Waals surface area contributed by atoms with E-state index in [0.717, 1.165) is 19.3 Å². The highest BCUT2D eigenvalue weighted by Crippen LogP contribution is 2.23. The Morgan fingerprint density at radius 2 is 1.85 bits per heavy atom. The van der Waals surface area contributed by atoms with Crippen LogP contribution < -0.4 is 5.32 Å². The van der Waals surface area contributed by atoms with E-state index in [-0.39, 0.29) is 18.0 Å². The van der Waals surface area contributed by atoms with Gasteiger partial charge in [-0.25, -0.2) is 13.2 Å². The summed E-state index contributed by atoms with van der Waals surface area (Å²) in [5.74, 6) is -1.67. The average molecular weight is 397 g/mol. The van der Waals surface area contributed by atoms with E-state index < -0.39 is 27.9 Å². The first-order chi connectivity index (χ1) is 12.7. The van der Waals surface area contributed by atoms with E-state index in [2.05, 4.69) is 5.32 Å². The van der Waals surface area contributed by atoms with Crippen LogP contribution in [-0.4, -0.2) is 61.4 Å². The molecule has 1 fully saturated rings. The molecule has 1 unspecified atom stereocenters. The number of amides is 2. The van der Waals surface area contributed by atoms with Gasteiger partial charge in [-0.05, 0) is 24.5 Å². The summed E-state index contributed by atoms with van der Waals surface area (Å²) in [5.41, 5.74) is 0.510. The molecule has 8 nitrogen and oxygen atoms in total. The summed E-state index contributed by atoms with van der Waals surface area (Å²) in [6.45, 7) is 2.66. The minimum atomic E-state index is -3.60. The van der Waals surface area contributed by atoms with Gasteiger partial charge in [-0.1, -0.05) is 31.5 Å². The Morgan fingerprint density at radius 3 is 2.48 bits per heavy atom. The van der Waals surface area contributed by atoms with Crippen LogP contribution in [0, 0.1) is 5.92 Å². The number of hydrogen-bond acceptors (Lipinski definition) is 4. The normalized spacial score (nSPS) is 16.5. The molecule has 0 radical (unpaired) electrons. The summed E-state index contributed by atoms with van der Waals surface area (Å²) in [6, 6.07) is 6.18. The van der Waals surface area contributed by atoms with Crippen molar-refractivity contribution >= 4 is 22.0 Å². The van der Waals surface area contributed by atoms with Crippen LogP contribution in [0.25, 0.3) is 0 Å². The van der Waals surface area contributed by atoms with Gasteiger partial charge in [0.15, 0.2) is 0 Å². The van der Waals surface area contributed by atoms with Gasteiger partial charge in [0.05, 0.1) is 10.8 Å². The van der Waals surface area contributed by atoms with Crippen molar-refractivity contribution in [2.75, 3.05) is 26.7 Å². The van der Waals surface area contributed by atoms with Gasteiger partial charge < -0.3 is 15.3 Å². The van der Waals surface area contributed by atoms with Gasteiger partial charge in [0.25, 0.3) is 0 Å². The molecule has 1 aromatic carbocycles. The quantitative estimate of drug-likeness (QED) is 0.729. The van der Waals surface area contributed by atoms with Gasteiger partial charge >= 0.3 is 12.0 Å². The predicted molar refractivity (Wildman–Crippen MR) is 101 cm³/mol. The van der Waals surface area contributed by atoms with Crippen molar-refractivity contribution in [2.24, 2.45) is 5.92 Å². The molecule has 150 valence electrons. The van der Waals surface area contributed by atoms with Gasteiger partial charge in [0, 0.05) is 33.2 Å². The monoisotopic (exact) mass is 397 g/mol. The number of carboxylic acids is 1. The second-order valence-corrected chi connectivity index (χ2v) is 8.76. The lowest BCUT2D eigenvalue weighted by atomic mass is 10.2. The molecule has 27 heavy (non-hydrogen) atoms. The second kappa shape index (κ2) is 9.18. The lowest BCUT2D eigenvalue weighted by Gasteiger charge is -2.27. The van der Waals surface area contributed by atoms with Crippen molar-refractivity contribution in [1.82, 2.24) is 14.5 Å². The SMILES string of the molecule is CC(CN(C)C(=O)NCc1ccccc1S(=O)(=O)N1CCCCC1)C(=O)O. The van der Waals surface area contributed by atoms with E-state index >= 15 is 0 Å². The Labute approximate surface area is 160 Å². The van der Waals surface area contributed by atoms with Crippen molar-refractivity contribution in [3.63, 3.8) is 0 Å². The Morgan fingerprint density at radius 1 is 1.22 bits per heavy atom. The van der Waals surface area contributed by atoms with Crippen molar-refractivity contribution in [3.8, 4) is 0 Å². The third-order valence-corrected chi connectivity index (χ3v) is 6.65. The number of nitrogens with zero attached hydrogens (tertiary/aromatic N) is 2. The van der Waals surface area contributed by atoms with E-state index in [1.807, 2.05) is 0 Å². The van der Waals surface area contributed by atoms with Crippen molar-refractivity contribution < 1.29 is 23.1 Å². The molecule has 0 saturated carbocycles. The highest BCUT2D eigenvalue weighted by molar-refractivity contribution is 7.89. The van der Waals surface area contributed by atoms with Crippen LogP contribution in [0.3, 0.4) is 0 Å². The second-order valence-electron chi connectivity index (χ2n) is 6.85. The van der Waals surface area contributed by atoms with Gasteiger partial charge in [0.2, 0.25) is 10.0 Å². The lowest BCUT2D eigenvalue weighted by Crippen LogP contribution is -2.41. The Hall–Kier alpha value is -2.13. The minimum Gasteiger partial charge on any atom is -0.481 e. The van der Waals surface area contributed by atoms with E-state index in [1.54, 1.807) is 24.3 Å². The fraction of sp³-hybridized carbons (Fsp3) is 0.556. The minimum absolute atomic E-state index is 0.0495. The summed E-state index contributed by atoms with van der Waals surface area (Å²) in [6.07, 6.45) is 2.74. The molecule has 0 aliphatic carbocycles. The van der Waals surface area contributed by atoms with E-state index in [9.17, 15) is 18.0 Å². The number of nitrogens with one attached hydrogen (secondary N) is 1. The summed E-state index contributed by atoms with van der Waals surface area (Å²) in [4.78, 5) is 24.6. The molecule has 1 aromatic rings. The number of hydrogen-bond donors (Lipinski definition) is 2. The molecular formula is C18H27N3O5S. The summed E-state index contributed by atoms with van der Waals surface area (Å²) < 4.78 is 27.4. The molecule has 1 aliphatic rings. The number of carboxylic acid groups (broad SMARTS) is 1. The summed E-state index contributed by atoms with van der Waals surface area (Å²) >= 11 is 0. The topological polar surface area (TPSA) is 107 Å². The predicted octanol–water partition coefficient (Wildman–Crippen LogP) is 1.72. The smallest absolute Gasteiger partial charge is 0.317 e. The maximum atomic E-state index is 12.9. The lowest BCUT2D eigenvalue weighted by molar-refractivity contribution is -0.141. The number of carbonyl (C=O) groups is 2. The highest BCUT2D eigenvalue weighted by Gasteiger charge is 2.28. The molecule has 1 aliphatic heterocycles. The Balaban J connectivity index is 2.07. The van der Waals surface area contributed by atoms with E-state index in [4.69, 9.17) is 5.11 Å². The third-order valence-electron chi connectivity index (χ3n) is 4.65. The van der Waals surface area contributed by atoms with Crippen LogP contribution in [0.5, 0.6) is 0 Å². The summed E-state index contributed by atoms with van der Waals surface area (Å²) in [5, 5.41) is 11.6. The number of sulfonamides is 1. The fourth-order valence-corrected chi connectivity index (χ4v) is 4.76. The first kappa shape index (κ1) is 21.2. The standard InChI is InChI=1S/C18H27N3O5S/c1-14(17(22)23)13-20(2)18(24)19-12-15-8-4-5-9-16(15)27(25,26)21-10-6-3-7-11-21/h4-5,8-9,14H,3,6-7,10-13H2,1-2H3,(H,19,24)(H,22,23). The van der Waals surface area contributed by atoms with Crippen LogP contribution in [0.15, 0.2) is 29.2 Å². The highest BCUT2D eigenvalue weighted by atomic mass is 32.2. The largest absolute Gasteiger partial charge is 0.481 e. The molecule has 2 amide bonds. The van der Waals surface area contributed by atoms with Gasteiger partial charge in [-0.2, -0.15) is 4.31 Å². The molecule has 1 saturated heterocycles. The molecule has 0 aromatic heterocycles. The molecule has 0 bridgehead atoms. The first-order valence-electron chi connectivity index (χ1n) is 9.03. The number of carbonyl (C=O) groups excluding carboxylic acids is 1. The van der Waals surface area contributed by atoms with Crippen molar-refractivity contribution in [1.29, 1.82) is 0 Å². The number of benzene rings is 1. The van der Waals surface area contributed by atoms with E-state index in [0.29, 0.717) is 18.7 Å². The zero-order valence-electron chi connectivity index (χ0n) is 15.7. The zero-order valence-corrected chi connectivity index (χ0v) is 16.5. The van der Waals surface area contributed by atoms with Crippen LogP contribution in [0.4, 0.5) is 4.79 Å². The van der Waals surface area contributed by atoms with Crippen molar-refractivity contribution in [2.45, 2.75) is 37.6 Å². The molecule has 0 spiro atoms. The molecule has 2 rings (SSSR count). The maximum absolute atomic E-state index is 12.9. The summed E-state index contributed by atoms with van der Waals surface area (Å²) in [7, 11) is -2.10. The van der Waals surface area contributed by atoms with Crippen LogP contribution in [-0.2, 0) is 21.4 Å².